The molecule has 3 aromatic rings. The van der Waals surface area contributed by atoms with Crippen LogP contribution in [0.2, 0.25) is 0 Å². The van der Waals surface area contributed by atoms with Gasteiger partial charge in [0.1, 0.15) is 11.3 Å². The fourth-order valence-corrected chi connectivity index (χ4v) is 2.65. The third-order valence-corrected chi connectivity index (χ3v) is 3.88. The second kappa shape index (κ2) is 8.06. The normalized spacial score (nSPS) is 12.8. The van der Waals surface area contributed by atoms with E-state index in [1.807, 2.05) is 42.6 Å². The van der Waals surface area contributed by atoms with Crippen LogP contribution in [0.3, 0.4) is 0 Å². The minimum absolute atomic E-state index is 0.527. The highest BCUT2D eigenvalue weighted by molar-refractivity contribution is 5.77. The van der Waals surface area contributed by atoms with E-state index >= 15 is 0 Å². The van der Waals surface area contributed by atoms with Crippen LogP contribution in [0.15, 0.2) is 59.3 Å². The van der Waals surface area contributed by atoms with Crippen molar-refractivity contribution in [2.24, 2.45) is 5.73 Å². The van der Waals surface area contributed by atoms with Crippen LogP contribution in [0, 0.1) is 0 Å². The highest BCUT2D eigenvalue weighted by atomic mass is 16.5. The van der Waals surface area contributed by atoms with Crippen LogP contribution < -0.4 is 5.73 Å². The highest BCUT2D eigenvalue weighted by Crippen LogP contribution is 2.23. The van der Waals surface area contributed by atoms with Crippen molar-refractivity contribution in [3.05, 3.63) is 66.2 Å². The highest BCUT2D eigenvalue weighted by Gasteiger charge is 2.12. The van der Waals surface area contributed by atoms with E-state index in [0.29, 0.717) is 12.4 Å². The van der Waals surface area contributed by atoms with Crippen molar-refractivity contribution in [1.29, 1.82) is 0 Å². The molecule has 0 spiro atoms. The number of benzene rings is 1. The van der Waals surface area contributed by atoms with Crippen molar-refractivity contribution in [2.75, 3.05) is 20.2 Å². The van der Waals surface area contributed by atoms with Crippen molar-refractivity contribution >= 4 is 11.0 Å². The van der Waals surface area contributed by atoms with Crippen LogP contribution in [-0.4, -0.2) is 30.1 Å². The Kier molecular flexibility index (Phi) is 5.59. The molecule has 0 bridgehead atoms. The van der Waals surface area contributed by atoms with Crippen LogP contribution >= 0.6 is 0 Å². The first kappa shape index (κ1) is 16.6. The molecular formula is C19H23N3O2. The molecule has 2 aromatic heterocycles. The summed E-state index contributed by atoms with van der Waals surface area (Å²) in [6.45, 7) is 2.40. The maximum absolute atomic E-state index is 6.06. The molecule has 126 valence electrons. The summed E-state index contributed by atoms with van der Waals surface area (Å²) >= 11 is 0. The number of rotatable bonds is 8. The Hall–Kier alpha value is -2.21. The summed E-state index contributed by atoms with van der Waals surface area (Å²) in [6.07, 6.45) is 4.06. The average Bonchev–Trinajstić information content (AvgIpc) is 3.04. The predicted molar refractivity (Wildman–Crippen MR) is 94.3 cm³/mol. The first-order chi connectivity index (χ1) is 11.7. The Bertz CT molecular complexity index is 724. The van der Waals surface area contributed by atoms with Gasteiger partial charge in [-0.15, -0.1) is 0 Å². The van der Waals surface area contributed by atoms with Crippen LogP contribution in [0.1, 0.15) is 24.0 Å². The number of hydrogen-bond donors (Lipinski definition) is 1. The van der Waals surface area contributed by atoms with Gasteiger partial charge in [-0.3, -0.25) is 10.7 Å². The summed E-state index contributed by atoms with van der Waals surface area (Å²) in [6, 6.07) is 13.8. The molecule has 0 aliphatic heterocycles. The zero-order chi connectivity index (χ0) is 16.8. The number of pyridine rings is 1. The molecular weight excluding hydrogens is 302 g/mol. The first-order valence-corrected chi connectivity index (χ1v) is 8.15. The van der Waals surface area contributed by atoms with Gasteiger partial charge < -0.3 is 14.1 Å². The lowest BCUT2D eigenvalue weighted by atomic mass is 10.2. The summed E-state index contributed by atoms with van der Waals surface area (Å²) in [5.41, 5.74) is 8.11. The maximum Gasteiger partial charge on any atom is 0.164 e. The lowest BCUT2D eigenvalue weighted by molar-refractivity contribution is 0.0380. The number of aromatic nitrogens is 1. The van der Waals surface area contributed by atoms with Crippen molar-refractivity contribution < 1.29 is 9.15 Å². The van der Waals surface area contributed by atoms with Gasteiger partial charge in [0.25, 0.3) is 0 Å². The van der Waals surface area contributed by atoms with Crippen LogP contribution in [-0.2, 0) is 11.3 Å². The zero-order valence-electron chi connectivity index (χ0n) is 13.9. The van der Waals surface area contributed by atoms with E-state index in [9.17, 15) is 0 Å². The average molecular weight is 325 g/mol. The van der Waals surface area contributed by atoms with E-state index in [1.54, 1.807) is 6.20 Å². The predicted octanol–water partition coefficient (Wildman–Crippen LogP) is 3.32. The second-order valence-corrected chi connectivity index (χ2v) is 5.93. The Morgan fingerprint density at radius 1 is 1.25 bits per heavy atom. The van der Waals surface area contributed by atoms with E-state index < -0.39 is 6.23 Å². The van der Waals surface area contributed by atoms with Gasteiger partial charge in [-0.1, -0.05) is 24.3 Å². The lowest BCUT2D eigenvalue weighted by Gasteiger charge is -2.17. The smallest absolute Gasteiger partial charge is 0.164 e. The Morgan fingerprint density at radius 3 is 2.92 bits per heavy atom. The molecule has 0 saturated heterocycles. The van der Waals surface area contributed by atoms with Crippen molar-refractivity contribution in [1.82, 2.24) is 9.88 Å². The molecule has 24 heavy (non-hydrogen) atoms. The maximum atomic E-state index is 6.06. The summed E-state index contributed by atoms with van der Waals surface area (Å²) in [7, 11) is 2.09. The van der Waals surface area contributed by atoms with Gasteiger partial charge in [0.2, 0.25) is 0 Å². The van der Waals surface area contributed by atoms with Gasteiger partial charge in [0, 0.05) is 30.9 Å². The van der Waals surface area contributed by atoms with Gasteiger partial charge in [0.15, 0.2) is 6.23 Å². The largest absolute Gasteiger partial charge is 0.457 e. The number of nitrogens with zero attached hydrogens (tertiary/aromatic N) is 2. The summed E-state index contributed by atoms with van der Waals surface area (Å²) in [5.74, 6) is 0.667. The Balaban J connectivity index is 1.41. The number of para-hydroxylation sites is 1. The van der Waals surface area contributed by atoms with Crippen LogP contribution in [0.25, 0.3) is 11.0 Å². The molecule has 0 aliphatic carbocycles. The molecule has 0 amide bonds. The van der Waals surface area contributed by atoms with Gasteiger partial charge in [-0.2, -0.15) is 0 Å². The molecule has 0 aliphatic rings. The SMILES string of the molecule is CN(CCCOC(N)c1cc2ccccc2o1)Cc1cccnc1. The molecule has 1 aromatic carbocycles. The van der Waals surface area contributed by atoms with E-state index in [-0.39, 0.29) is 0 Å². The number of furan rings is 1. The molecule has 0 fully saturated rings. The monoisotopic (exact) mass is 325 g/mol. The molecule has 0 saturated carbocycles. The quantitative estimate of drug-likeness (QED) is 0.508. The van der Waals surface area contributed by atoms with E-state index in [1.165, 1.54) is 5.56 Å². The second-order valence-electron chi connectivity index (χ2n) is 5.93. The number of fused-ring (bicyclic) bond motifs is 1. The minimum atomic E-state index is -0.527. The Labute approximate surface area is 142 Å². The standard InChI is InChI=1S/C19H23N3O2/c1-22(14-15-6-4-9-21-13-15)10-5-11-23-19(20)18-12-16-7-2-3-8-17(16)24-18/h2-4,6-9,12-13,19H,5,10-11,14,20H2,1H3. The number of hydrogen-bond acceptors (Lipinski definition) is 5. The van der Waals surface area contributed by atoms with Gasteiger partial charge in [-0.25, -0.2) is 0 Å². The molecule has 3 rings (SSSR count). The third kappa shape index (κ3) is 4.41. The fourth-order valence-electron chi connectivity index (χ4n) is 2.65. The summed E-state index contributed by atoms with van der Waals surface area (Å²) in [5, 5.41) is 1.04. The lowest BCUT2D eigenvalue weighted by Crippen LogP contribution is -2.22. The van der Waals surface area contributed by atoms with Crippen molar-refractivity contribution in [3.63, 3.8) is 0 Å². The van der Waals surface area contributed by atoms with Crippen LogP contribution in [0.4, 0.5) is 0 Å². The fraction of sp³-hybridized carbons (Fsp3) is 0.316. The summed E-state index contributed by atoms with van der Waals surface area (Å²) in [4.78, 5) is 6.37. The molecule has 1 unspecified atom stereocenters. The van der Waals surface area contributed by atoms with Crippen LogP contribution in [0.5, 0.6) is 0 Å². The Morgan fingerprint density at radius 2 is 2.12 bits per heavy atom. The van der Waals surface area contributed by atoms with Gasteiger partial charge >= 0.3 is 0 Å². The zero-order valence-corrected chi connectivity index (χ0v) is 13.9. The molecule has 2 N–H and O–H groups in total. The molecule has 5 heteroatoms. The van der Waals surface area contributed by atoms with E-state index in [2.05, 4.69) is 23.0 Å². The minimum Gasteiger partial charge on any atom is -0.457 e. The van der Waals surface area contributed by atoms with Gasteiger partial charge in [-0.05, 0) is 37.2 Å². The third-order valence-electron chi connectivity index (χ3n) is 3.88. The molecule has 0 radical (unpaired) electrons. The van der Waals surface area contributed by atoms with Crippen molar-refractivity contribution in [2.45, 2.75) is 19.2 Å². The topological polar surface area (TPSA) is 64.5 Å². The van der Waals surface area contributed by atoms with E-state index in [4.69, 9.17) is 14.9 Å². The summed E-state index contributed by atoms with van der Waals surface area (Å²) < 4.78 is 11.4. The first-order valence-electron chi connectivity index (χ1n) is 8.15. The van der Waals surface area contributed by atoms with E-state index in [0.717, 1.165) is 30.5 Å². The molecule has 1 atom stereocenters. The van der Waals surface area contributed by atoms with Gasteiger partial charge in [0.05, 0.1) is 6.61 Å². The molecule has 5 nitrogen and oxygen atoms in total. The number of nitrogens with two attached hydrogens (primary N) is 1. The van der Waals surface area contributed by atoms with Crippen molar-refractivity contribution in [3.8, 4) is 0 Å². The molecule has 2 heterocycles. The number of ether oxygens (including phenoxy) is 1.